The van der Waals surface area contributed by atoms with Gasteiger partial charge in [-0.2, -0.15) is 0 Å². The maximum absolute atomic E-state index is 13.0. The van der Waals surface area contributed by atoms with Crippen molar-refractivity contribution in [2.24, 2.45) is 22.2 Å². The lowest BCUT2D eigenvalue weighted by molar-refractivity contribution is -0.314. The number of aliphatic hydroxyl groups excluding tert-OH is 2. The van der Waals surface area contributed by atoms with Gasteiger partial charge in [0.15, 0.2) is 0 Å². The van der Waals surface area contributed by atoms with E-state index in [0.29, 0.717) is 13.0 Å². The molecule has 0 aromatic heterocycles. The summed E-state index contributed by atoms with van der Waals surface area (Å²) in [5.41, 5.74) is -0.660. The molecule has 3 N–H and O–H groups in total. The van der Waals surface area contributed by atoms with Crippen LogP contribution in [0.2, 0.25) is 0 Å². The molecule has 35 heavy (non-hydrogen) atoms. The first-order valence-corrected chi connectivity index (χ1v) is 13.5. The van der Waals surface area contributed by atoms with E-state index in [1.165, 1.54) is 0 Å². The largest absolute Gasteiger partial charge is 0.389 e. The van der Waals surface area contributed by atoms with Gasteiger partial charge in [0.25, 0.3) is 0 Å². The molecule has 0 amide bonds. The highest BCUT2D eigenvalue weighted by Crippen LogP contribution is 2.70. The second kappa shape index (κ2) is 8.55. The van der Waals surface area contributed by atoms with Crippen LogP contribution in [0.3, 0.4) is 0 Å². The molecule has 1 saturated heterocycles. The Hall–Kier alpha value is -0.420. The van der Waals surface area contributed by atoms with Crippen LogP contribution in [0.5, 0.6) is 0 Å². The van der Waals surface area contributed by atoms with Gasteiger partial charge in [-0.3, -0.25) is 0 Å². The highest BCUT2D eigenvalue weighted by Gasteiger charge is 2.74. The molecule has 194 valence electrons. The normalized spacial score (nSPS) is 48.8. The van der Waals surface area contributed by atoms with E-state index in [1.807, 2.05) is 39.0 Å². The maximum Gasteiger partial charge on any atom is 0.110 e. The topological polar surface area (TPSA) is 88.4 Å². The zero-order valence-electron chi connectivity index (χ0n) is 21.3. The summed E-state index contributed by atoms with van der Waals surface area (Å²) in [4.78, 5) is 0. The lowest BCUT2D eigenvalue weighted by atomic mass is 9.39. The Balaban J connectivity index is 1.89. The molecule has 5 rings (SSSR count). The lowest BCUT2D eigenvalue weighted by Gasteiger charge is -2.71. The molecule has 1 aromatic carbocycles. The Morgan fingerprint density at radius 3 is 2.23 bits per heavy atom. The van der Waals surface area contributed by atoms with Crippen LogP contribution in [0.25, 0.3) is 0 Å². The van der Waals surface area contributed by atoms with Gasteiger partial charge in [-0.1, -0.05) is 58.0 Å². The third kappa shape index (κ3) is 3.25. The summed E-state index contributed by atoms with van der Waals surface area (Å²) in [7, 11) is 4.72. The number of ether oxygens (including phenoxy) is 1. The molecule has 6 nitrogen and oxygen atoms in total. The summed E-state index contributed by atoms with van der Waals surface area (Å²) < 4.78 is 18.1. The molecule has 1 aliphatic heterocycles. The van der Waals surface area contributed by atoms with Crippen LogP contribution in [0.15, 0.2) is 41.5 Å². The van der Waals surface area contributed by atoms with Crippen LogP contribution in [0, 0.1) is 22.2 Å². The van der Waals surface area contributed by atoms with Crippen molar-refractivity contribution in [3.05, 3.63) is 47.0 Å². The Kier molecular flexibility index (Phi) is 6.40. The first-order valence-electron chi connectivity index (χ1n) is 12.6. The van der Waals surface area contributed by atoms with Crippen LogP contribution in [-0.4, -0.2) is 58.0 Å². The first-order chi connectivity index (χ1) is 16.4. The molecular formula is C27H40O6P2. The van der Waals surface area contributed by atoms with Gasteiger partial charge in [-0.15, -0.1) is 0 Å². The SMILES string of the molecule is CC1=C2[C@@H](OP)[C@H](O)[C@@]3(C)C(C(c4ccccc4)[C@](O)(C[C@@H]1O)C2(C)C)[C@]1(C)CO[C@@H]1C[C@@H]3OP. The van der Waals surface area contributed by atoms with Gasteiger partial charge in [-0.05, 0) is 29.6 Å². The third-order valence-corrected chi connectivity index (χ3v) is 11.2. The van der Waals surface area contributed by atoms with Crippen molar-refractivity contribution >= 4 is 18.9 Å². The minimum atomic E-state index is -1.32. The number of fused-ring (bicyclic) bond motifs is 5. The Bertz CT molecular complexity index is 1020. The minimum Gasteiger partial charge on any atom is -0.389 e. The number of hydrogen-bond acceptors (Lipinski definition) is 6. The quantitative estimate of drug-likeness (QED) is 0.414. The molecule has 3 aliphatic carbocycles. The van der Waals surface area contributed by atoms with Crippen LogP contribution >= 0.6 is 18.9 Å². The van der Waals surface area contributed by atoms with Crippen LogP contribution in [-0.2, 0) is 13.8 Å². The smallest absolute Gasteiger partial charge is 0.110 e. The highest BCUT2D eigenvalue weighted by atomic mass is 31.0. The molecule has 1 heterocycles. The van der Waals surface area contributed by atoms with E-state index in [2.05, 4.69) is 44.9 Å². The number of hydrogen-bond donors (Lipinski definition) is 3. The fourth-order valence-electron chi connectivity index (χ4n) is 8.50. The molecule has 4 unspecified atom stereocenters. The molecule has 12 atom stereocenters. The van der Waals surface area contributed by atoms with Gasteiger partial charge in [-0.25, -0.2) is 0 Å². The summed E-state index contributed by atoms with van der Waals surface area (Å²) >= 11 is 0. The fourth-order valence-corrected chi connectivity index (χ4v) is 9.19. The van der Waals surface area contributed by atoms with Gasteiger partial charge >= 0.3 is 0 Å². The predicted molar refractivity (Wildman–Crippen MR) is 140 cm³/mol. The zero-order chi connectivity index (χ0) is 25.6. The fraction of sp³-hybridized carbons (Fsp3) is 0.704. The molecule has 4 aliphatic rings. The number of rotatable bonds is 3. The standard InChI is InChI=1S/C27H40O6P2/c1-14-16(28)12-27(30)20(15-9-7-6-8-10-15)22-25(4)13-31-17(25)11-18(32-34)26(22,5)23(29)21(33-35)19(14)24(27,2)3/h6-10,16-18,20-23,28-30H,11-13,34-35H2,1-5H3/t16-,17+,18-,20?,21+,22?,23-,25+,26+,27+/m0/s1. The number of benzene rings is 1. The van der Waals surface area contributed by atoms with E-state index < -0.39 is 34.7 Å². The molecular weight excluding hydrogens is 482 g/mol. The van der Waals surface area contributed by atoms with Crippen molar-refractivity contribution in [2.75, 3.05) is 6.61 Å². The van der Waals surface area contributed by atoms with Crippen LogP contribution < -0.4 is 0 Å². The summed E-state index contributed by atoms with van der Waals surface area (Å²) in [6.07, 6.45) is -2.05. The summed E-state index contributed by atoms with van der Waals surface area (Å²) in [5, 5.41) is 36.6. The van der Waals surface area contributed by atoms with Crippen molar-refractivity contribution in [3.63, 3.8) is 0 Å². The van der Waals surface area contributed by atoms with Crippen molar-refractivity contribution in [1.29, 1.82) is 0 Å². The predicted octanol–water partition coefficient (Wildman–Crippen LogP) is 3.77. The van der Waals surface area contributed by atoms with Crippen LogP contribution in [0.4, 0.5) is 0 Å². The maximum atomic E-state index is 13.0. The monoisotopic (exact) mass is 522 g/mol. The van der Waals surface area contributed by atoms with Crippen molar-refractivity contribution < 1.29 is 29.1 Å². The van der Waals surface area contributed by atoms with Crippen molar-refractivity contribution in [2.45, 2.75) is 89.5 Å². The molecule has 0 spiro atoms. The molecule has 1 aromatic rings. The number of aliphatic hydroxyl groups is 3. The van der Waals surface area contributed by atoms with Gasteiger partial charge in [0, 0.05) is 53.9 Å². The highest BCUT2D eigenvalue weighted by molar-refractivity contribution is 7.10. The van der Waals surface area contributed by atoms with Crippen molar-refractivity contribution in [3.8, 4) is 0 Å². The molecule has 2 saturated carbocycles. The summed E-state index contributed by atoms with van der Waals surface area (Å²) in [6.45, 7) is 10.8. The molecule has 3 fully saturated rings. The van der Waals surface area contributed by atoms with Gasteiger partial charge in [0.1, 0.15) is 6.10 Å². The Morgan fingerprint density at radius 2 is 1.69 bits per heavy atom. The Morgan fingerprint density at radius 1 is 1.03 bits per heavy atom. The average Bonchev–Trinajstić information content (AvgIpc) is 2.82. The van der Waals surface area contributed by atoms with E-state index in [9.17, 15) is 15.3 Å². The van der Waals surface area contributed by atoms with E-state index in [0.717, 1.165) is 16.7 Å². The van der Waals surface area contributed by atoms with Gasteiger partial charge in [0.05, 0.1) is 36.6 Å². The second-order valence-corrected chi connectivity index (χ2v) is 12.8. The molecule has 2 bridgehead atoms. The molecule has 0 radical (unpaired) electrons. The van der Waals surface area contributed by atoms with Gasteiger partial charge in [0.2, 0.25) is 0 Å². The average molecular weight is 523 g/mol. The van der Waals surface area contributed by atoms with Gasteiger partial charge < -0.3 is 29.1 Å². The summed E-state index contributed by atoms with van der Waals surface area (Å²) in [6, 6.07) is 10.1. The van der Waals surface area contributed by atoms with E-state index in [1.54, 1.807) is 0 Å². The Labute approximate surface area is 213 Å². The van der Waals surface area contributed by atoms with Crippen molar-refractivity contribution in [1.82, 2.24) is 0 Å². The summed E-state index contributed by atoms with van der Waals surface area (Å²) in [5.74, 6) is -0.606. The third-order valence-electron chi connectivity index (χ3n) is 10.5. The molecule has 8 heteroatoms. The van der Waals surface area contributed by atoms with E-state index in [4.69, 9.17) is 13.8 Å². The first kappa shape index (κ1) is 26.2. The van der Waals surface area contributed by atoms with E-state index in [-0.39, 0.29) is 35.9 Å². The van der Waals surface area contributed by atoms with Crippen LogP contribution in [0.1, 0.15) is 58.9 Å². The zero-order valence-corrected chi connectivity index (χ0v) is 23.6. The van der Waals surface area contributed by atoms with E-state index >= 15 is 0 Å². The lowest BCUT2D eigenvalue weighted by Crippen LogP contribution is -2.75. The second-order valence-electron chi connectivity index (χ2n) is 12.3. The minimum absolute atomic E-state index is 0.0451.